The molecule has 1 aliphatic carbocycles. The van der Waals surface area contributed by atoms with E-state index in [1.165, 1.54) is 23.0 Å². The Morgan fingerprint density at radius 3 is 2.73 bits per heavy atom. The fourth-order valence-electron chi connectivity index (χ4n) is 5.51. The third-order valence-corrected chi connectivity index (χ3v) is 8.53. The van der Waals surface area contributed by atoms with E-state index in [0.717, 1.165) is 54.8 Å². The molecule has 4 aromatic heterocycles. The Hall–Kier alpha value is -4.22. The molecule has 5 heterocycles. The van der Waals surface area contributed by atoms with Crippen molar-refractivity contribution in [3.63, 3.8) is 0 Å². The first kappa shape index (κ1) is 25.7. The summed E-state index contributed by atoms with van der Waals surface area (Å²) in [6, 6.07) is 8.93. The van der Waals surface area contributed by atoms with E-state index in [9.17, 15) is 4.79 Å². The number of benzene rings is 1. The first-order valence-corrected chi connectivity index (χ1v) is 14.7. The van der Waals surface area contributed by atoms with Gasteiger partial charge < -0.3 is 15.5 Å². The first-order chi connectivity index (χ1) is 20.0. The number of hydrogen-bond acceptors (Lipinski definition) is 9. The number of nitrogens with zero attached hydrogens (tertiary/aromatic N) is 6. The third-order valence-electron chi connectivity index (χ3n) is 7.78. The van der Waals surface area contributed by atoms with Gasteiger partial charge in [0.1, 0.15) is 11.5 Å². The second-order valence-corrected chi connectivity index (χ2v) is 11.6. The van der Waals surface area contributed by atoms with Crippen LogP contribution in [0.1, 0.15) is 34.8 Å². The minimum absolute atomic E-state index is 0.173. The highest BCUT2D eigenvalue weighted by Crippen LogP contribution is 2.41. The topological polar surface area (TPSA) is 101 Å². The molecule has 9 nitrogen and oxygen atoms in total. The van der Waals surface area contributed by atoms with Crippen molar-refractivity contribution in [1.82, 2.24) is 29.8 Å². The van der Waals surface area contributed by atoms with Crippen molar-refractivity contribution in [3.05, 3.63) is 86.6 Å². The lowest BCUT2D eigenvalue weighted by Gasteiger charge is -2.29. The highest BCUT2D eigenvalue weighted by molar-refractivity contribution is 7.10. The van der Waals surface area contributed by atoms with Crippen LogP contribution in [0.4, 0.5) is 21.7 Å². The van der Waals surface area contributed by atoms with Crippen LogP contribution in [0.2, 0.25) is 0 Å². The molecule has 11 heteroatoms. The second-order valence-electron chi connectivity index (χ2n) is 10.6. The fraction of sp³-hybridized carbons (Fsp3) is 0.300. The number of rotatable bonds is 7. The number of hydrogen-bond donors (Lipinski definition) is 2. The zero-order valence-electron chi connectivity index (χ0n) is 22.6. The van der Waals surface area contributed by atoms with Gasteiger partial charge in [0.2, 0.25) is 5.95 Å². The highest BCUT2D eigenvalue weighted by Gasteiger charge is 2.27. The number of halogens is 1. The van der Waals surface area contributed by atoms with E-state index in [1.54, 1.807) is 22.3 Å². The lowest BCUT2D eigenvalue weighted by molar-refractivity contribution is 0.566. The largest absolute Gasteiger partial charge is 0.367 e. The van der Waals surface area contributed by atoms with Gasteiger partial charge in [0, 0.05) is 60.7 Å². The van der Waals surface area contributed by atoms with Crippen LogP contribution in [0.15, 0.2) is 59.2 Å². The number of fused-ring (bicyclic) bond motifs is 1. The summed E-state index contributed by atoms with van der Waals surface area (Å²) in [5, 5.41) is 7.14. The number of aryl methyl sites for hydroxylation is 1. The minimum atomic E-state index is -0.304. The van der Waals surface area contributed by atoms with Gasteiger partial charge in [0.05, 0.1) is 29.0 Å². The molecule has 1 aromatic carbocycles. The SMILES string of the molecule is Cc1scnc1-c1cc2cnc(Nc3ccc(N4CCNCC4)c(F)c3)nc2n(Cc2cnccc2C2CC2)c1=O. The van der Waals surface area contributed by atoms with E-state index >= 15 is 4.39 Å². The molecule has 0 atom stereocenters. The molecule has 0 bridgehead atoms. The molecule has 5 aromatic rings. The average molecular weight is 569 g/mol. The summed E-state index contributed by atoms with van der Waals surface area (Å²) >= 11 is 1.51. The van der Waals surface area contributed by atoms with Crippen LogP contribution < -0.4 is 21.1 Å². The summed E-state index contributed by atoms with van der Waals surface area (Å²) in [5.74, 6) is 0.484. The van der Waals surface area contributed by atoms with Gasteiger partial charge in [-0.1, -0.05) is 0 Å². The Morgan fingerprint density at radius 2 is 1.98 bits per heavy atom. The maximum absolute atomic E-state index is 15.1. The zero-order chi connectivity index (χ0) is 27.9. The van der Waals surface area contributed by atoms with Crippen molar-refractivity contribution in [3.8, 4) is 11.3 Å². The van der Waals surface area contributed by atoms with Gasteiger partial charge in [-0.3, -0.25) is 14.3 Å². The normalized spacial score (nSPS) is 15.4. The molecule has 2 aliphatic rings. The molecule has 0 radical (unpaired) electrons. The monoisotopic (exact) mass is 568 g/mol. The molecule has 0 spiro atoms. The molecule has 2 fully saturated rings. The van der Waals surface area contributed by atoms with Crippen molar-refractivity contribution in [2.75, 3.05) is 36.4 Å². The third kappa shape index (κ3) is 5.07. The van der Waals surface area contributed by atoms with Crippen LogP contribution in [0.25, 0.3) is 22.3 Å². The quantitative estimate of drug-likeness (QED) is 0.288. The lowest BCUT2D eigenvalue weighted by Crippen LogP contribution is -2.43. The van der Waals surface area contributed by atoms with Gasteiger partial charge in [-0.15, -0.1) is 11.3 Å². The molecule has 0 unspecified atom stereocenters. The Labute approximate surface area is 240 Å². The van der Waals surface area contributed by atoms with Gasteiger partial charge >= 0.3 is 0 Å². The van der Waals surface area contributed by atoms with Crippen LogP contribution in [0.5, 0.6) is 0 Å². The van der Waals surface area contributed by atoms with Crippen LogP contribution in [0, 0.1) is 12.7 Å². The van der Waals surface area contributed by atoms with Crippen LogP contribution in [0.3, 0.4) is 0 Å². The van der Waals surface area contributed by atoms with E-state index < -0.39 is 0 Å². The molecule has 1 aliphatic heterocycles. The first-order valence-electron chi connectivity index (χ1n) is 13.8. The smallest absolute Gasteiger partial charge is 0.262 e. The Morgan fingerprint density at radius 1 is 1.12 bits per heavy atom. The van der Waals surface area contributed by atoms with Crippen LogP contribution in [-0.2, 0) is 6.54 Å². The zero-order valence-corrected chi connectivity index (χ0v) is 23.4. The maximum atomic E-state index is 15.1. The molecule has 1 saturated carbocycles. The number of piperazine rings is 1. The van der Waals surface area contributed by atoms with E-state index in [4.69, 9.17) is 4.98 Å². The van der Waals surface area contributed by atoms with E-state index in [0.29, 0.717) is 40.7 Å². The number of pyridine rings is 2. The van der Waals surface area contributed by atoms with Gasteiger partial charge in [0.15, 0.2) is 0 Å². The van der Waals surface area contributed by atoms with E-state index in [-0.39, 0.29) is 17.3 Å². The molecule has 7 rings (SSSR count). The molecule has 41 heavy (non-hydrogen) atoms. The van der Waals surface area contributed by atoms with Gasteiger partial charge in [-0.25, -0.2) is 14.4 Å². The predicted molar refractivity (Wildman–Crippen MR) is 160 cm³/mol. The fourth-order valence-corrected chi connectivity index (χ4v) is 6.10. The summed E-state index contributed by atoms with van der Waals surface area (Å²) in [5.41, 5.74) is 6.61. The summed E-state index contributed by atoms with van der Waals surface area (Å²) in [6.45, 7) is 5.47. The second kappa shape index (κ2) is 10.6. The Balaban J connectivity index is 1.29. The number of thiazole rings is 1. The number of anilines is 3. The Kier molecular flexibility index (Phi) is 6.68. The molecule has 2 N–H and O–H groups in total. The van der Waals surface area contributed by atoms with Crippen LogP contribution >= 0.6 is 11.3 Å². The highest BCUT2D eigenvalue weighted by atomic mass is 32.1. The lowest BCUT2D eigenvalue weighted by atomic mass is 10.1. The summed E-state index contributed by atoms with van der Waals surface area (Å²) in [7, 11) is 0. The summed E-state index contributed by atoms with van der Waals surface area (Å²) in [6.07, 6.45) is 7.64. The van der Waals surface area contributed by atoms with Crippen molar-refractivity contribution < 1.29 is 4.39 Å². The average Bonchev–Trinajstić information content (AvgIpc) is 3.75. The molecule has 208 valence electrons. The molecule has 0 amide bonds. The van der Waals surface area contributed by atoms with Crippen molar-refractivity contribution in [1.29, 1.82) is 0 Å². The standard InChI is InChI=1S/C30H29FN8OS/c1-18-27(35-17-41-18)24-12-20-15-34-30(36-22-4-5-26(25(31)13-22)38-10-8-32-9-11-38)37-28(20)39(29(24)40)16-21-14-33-7-6-23(21)19-2-3-19/h4-7,12-15,17,19,32H,2-3,8-11,16H2,1H3,(H,34,36,37). The maximum Gasteiger partial charge on any atom is 0.262 e. The van der Waals surface area contributed by atoms with E-state index in [2.05, 4.69) is 31.7 Å². The van der Waals surface area contributed by atoms with Crippen LogP contribution in [-0.4, -0.2) is 50.7 Å². The van der Waals surface area contributed by atoms with Crippen molar-refractivity contribution >= 4 is 39.7 Å². The van der Waals surface area contributed by atoms with Gasteiger partial charge in [0.25, 0.3) is 5.56 Å². The Bertz CT molecular complexity index is 1810. The molecule has 1 saturated heterocycles. The van der Waals surface area contributed by atoms with Gasteiger partial charge in [-0.2, -0.15) is 4.98 Å². The molecular weight excluding hydrogens is 539 g/mol. The molecular formula is C30H29FN8OS. The minimum Gasteiger partial charge on any atom is -0.367 e. The number of aromatic nitrogens is 5. The van der Waals surface area contributed by atoms with Gasteiger partial charge in [-0.05, 0) is 67.1 Å². The predicted octanol–water partition coefficient (Wildman–Crippen LogP) is 4.84. The van der Waals surface area contributed by atoms with Crippen molar-refractivity contribution in [2.45, 2.75) is 32.2 Å². The summed E-state index contributed by atoms with van der Waals surface area (Å²) < 4.78 is 16.8. The summed E-state index contributed by atoms with van der Waals surface area (Å²) in [4.78, 5) is 35.1. The van der Waals surface area contributed by atoms with E-state index in [1.807, 2.05) is 36.4 Å². The van der Waals surface area contributed by atoms with Crippen molar-refractivity contribution in [2.24, 2.45) is 0 Å². The number of nitrogens with one attached hydrogen (secondary N) is 2.